The van der Waals surface area contributed by atoms with E-state index in [4.69, 9.17) is 8.83 Å². The van der Waals surface area contributed by atoms with Crippen molar-refractivity contribution in [2.24, 2.45) is 0 Å². The third kappa shape index (κ3) is 6.01. The highest BCUT2D eigenvalue weighted by atomic mass is 16.3. The predicted octanol–water partition coefficient (Wildman–Crippen LogP) is 18.2. The number of hydrogen-bond acceptors (Lipinski definition) is 3. The number of anilines is 3. The molecule has 3 heterocycles. The van der Waals surface area contributed by atoms with E-state index in [9.17, 15) is 0 Å². The van der Waals surface area contributed by atoms with Crippen LogP contribution in [0.1, 0.15) is 0 Å². The Morgan fingerprint density at radius 3 is 1.65 bits per heavy atom. The molecule has 0 N–H and O–H groups in total. The minimum atomic E-state index is 0.869. The molecule has 0 aliphatic rings. The van der Waals surface area contributed by atoms with Gasteiger partial charge in [0.15, 0.2) is 0 Å². The summed E-state index contributed by atoms with van der Waals surface area (Å²) in [5.74, 6) is 0. The van der Waals surface area contributed by atoms with Crippen molar-refractivity contribution in [2.45, 2.75) is 0 Å². The monoisotopic (exact) mass is 868 g/mol. The molecule has 0 radical (unpaired) electrons. The van der Waals surface area contributed by atoms with E-state index < -0.39 is 0 Å². The first-order chi connectivity index (χ1) is 33.7. The summed E-state index contributed by atoms with van der Waals surface area (Å²) in [6.07, 6.45) is 0. The van der Waals surface area contributed by atoms with Crippen LogP contribution in [0.15, 0.2) is 251 Å². The fraction of sp³-hybridized carbons (Fsp3) is 0. The van der Waals surface area contributed by atoms with Gasteiger partial charge in [0.2, 0.25) is 0 Å². The molecule has 0 unspecified atom stereocenters. The van der Waals surface area contributed by atoms with Crippen LogP contribution in [-0.2, 0) is 0 Å². The van der Waals surface area contributed by atoms with Gasteiger partial charge < -0.3 is 18.3 Å². The van der Waals surface area contributed by atoms with Gasteiger partial charge in [-0.25, -0.2) is 0 Å². The second kappa shape index (κ2) is 15.2. The van der Waals surface area contributed by atoms with Crippen molar-refractivity contribution in [3.63, 3.8) is 0 Å². The lowest BCUT2D eigenvalue weighted by Crippen LogP contribution is -2.11. The van der Waals surface area contributed by atoms with Crippen molar-refractivity contribution in [2.75, 3.05) is 4.90 Å². The van der Waals surface area contributed by atoms with E-state index in [0.29, 0.717) is 0 Å². The molecule has 68 heavy (non-hydrogen) atoms. The van der Waals surface area contributed by atoms with Gasteiger partial charge in [0.05, 0.1) is 16.7 Å². The number of benzene rings is 11. The molecule has 0 aliphatic carbocycles. The van der Waals surface area contributed by atoms with Crippen molar-refractivity contribution >= 4 is 93.5 Å². The Bertz CT molecular complexity index is 4210. The van der Waals surface area contributed by atoms with E-state index in [0.717, 1.165) is 111 Å². The second-order valence-corrected chi connectivity index (χ2v) is 17.6. The van der Waals surface area contributed by atoms with Crippen LogP contribution in [0.5, 0.6) is 0 Å². The third-order valence-corrected chi connectivity index (χ3v) is 13.8. The summed E-state index contributed by atoms with van der Waals surface area (Å²) in [5, 5.41) is 9.25. The van der Waals surface area contributed by atoms with E-state index in [-0.39, 0.29) is 0 Å². The first kappa shape index (κ1) is 38.2. The molecule has 11 aromatic carbocycles. The number of furan rings is 2. The van der Waals surface area contributed by atoms with Crippen molar-refractivity contribution in [1.29, 1.82) is 0 Å². The third-order valence-electron chi connectivity index (χ3n) is 13.8. The molecule has 14 rings (SSSR count). The molecule has 0 spiro atoms. The fourth-order valence-corrected chi connectivity index (χ4v) is 10.6. The topological polar surface area (TPSA) is 34.5 Å². The summed E-state index contributed by atoms with van der Waals surface area (Å²) in [6, 6.07) is 87.0. The van der Waals surface area contributed by atoms with Crippen LogP contribution < -0.4 is 4.90 Å². The summed E-state index contributed by atoms with van der Waals surface area (Å²) in [6.45, 7) is 0. The Hall–Kier alpha value is -9.12. The zero-order chi connectivity index (χ0) is 44.7. The molecule has 14 aromatic rings. The van der Waals surface area contributed by atoms with Gasteiger partial charge in [-0.15, -0.1) is 0 Å². The maximum absolute atomic E-state index is 6.70. The Balaban J connectivity index is 0.903. The number of nitrogens with zero attached hydrogens (tertiary/aromatic N) is 2. The van der Waals surface area contributed by atoms with Gasteiger partial charge in [-0.05, 0) is 118 Å². The van der Waals surface area contributed by atoms with Gasteiger partial charge in [-0.1, -0.05) is 158 Å². The van der Waals surface area contributed by atoms with Crippen LogP contribution in [0, 0.1) is 0 Å². The zero-order valence-corrected chi connectivity index (χ0v) is 36.8. The minimum absolute atomic E-state index is 0.869. The highest BCUT2D eigenvalue weighted by Gasteiger charge is 2.22. The second-order valence-electron chi connectivity index (χ2n) is 17.6. The van der Waals surface area contributed by atoms with E-state index in [1.54, 1.807) is 0 Å². The van der Waals surface area contributed by atoms with Crippen molar-refractivity contribution in [1.82, 2.24) is 4.57 Å². The molecule has 0 aliphatic heterocycles. The molecular weight excluding hydrogens is 829 g/mol. The summed E-state index contributed by atoms with van der Waals surface area (Å²) < 4.78 is 15.4. The van der Waals surface area contributed by atoms with Crippen LogP contribution in [0.4, 0.5) is 17.1 Å². The lowest BCUT2D eigenvalue weighted by Gasteiger charge is -2.28. The average Bonchev–Trinajstić information content (AvgIpc) is 4.09. The summed E-state index contributed by atoms with van der Waals surface area (Å²) in [5.41, 5.74) is 17.0. The summed E-state index contributed by atoms with van der Waals surface area (Å²) in [7, 11) is 0. The van der Waals surface area contributed by atoms with Gasteiger partial charge in [-0.3, -0.25) is 0 Å². The van der Waals surface area contributed by atoms with E-state index >= 15 is 0 Å². The van der Waals surface area contributed by atoms with E-state index in [1.807, 2.05) is 12.1 Å². The van der Waals surface area contributed by atoms with Gasteiger partial charge in [0.1, 0.15) is 22.3 Å². The predicted molar refractivity (Wildman–Crippen MR) is 284 cm³/mol. The van der Waals surface area contributed by atoms with Gasteiger partial charge in [0.25, 0.3) is 0 Å². The quantitative estimate of drug-likeness (QED) is 0.160. The lowest BCUT2D eigenvalue weighted by atomic mass is 9.96. The average molecular weight is 869 g/mol. The first-order valence-electron chi connectivity index (χ1n) is 23.2. The first-order valence-corrected chi connectivity index (χ1v) is 23.2. The highest BCUT2D eigenvalue weighted by Crippen LogP contribution is 2.46. The number of hydrogen-bond donors (Lipinski definition) is 0. The zero-order valence-electron chi connectivity index (χ0n) is 36.8. The number of para-hydroxylation sites is 4. The molecule has 0 saturated heterocycles. The maximum Gasteiger partial charge on any atom is 0.143 e. The molecule has 0 bridgehead atoms. The standard InChI is InChI=1S/C64H40N2O2/c1-2-16-49-43(13-1)31-38-56-63-55(21-12-26-61(63)68-64(49)56)52-19-5-7-22-57(52)65(47-35-29-42(30-36-47)45-32-37-54-53-20-6-10-25-60(53)67-62(54)40-45)46-33-27-41(28-34-46)44-14-11-15-48(39-44)66-58-23-8-3-17-50(58)51-18-4-9-24-59(51)66/h1-40H. The molecule has 0 saturated carbocycles. The SMILES string of the molecule is c1cc(-c2ccc(N(c3ccc(-c4ccc5c(c4)oc4ccccc45)cc3)c3ccccc3-c3cccc4oc5c6ccccc6ccc5c34)cc2)cc(-n2c3ccccc3c3ccccc32)c1. The maximum atomic E-state index is 6.70. The lowest BCUT2D eigenvalue weighted by molar-refractivity contribution is 0.669. The van der Waals surface area contributed by atoms with E-state index in [1.165, 1.54) is 21.8 Å². The Morgan fingerprint density at radius 2 is 0.882 bits per heavy atom. The largest absolute Gasteiger partial charge is 0.456 e. The minimum Gasteiger partial charge on any atom is -0.456 e. The van der Waals surface area contributed by atoms with Crippen molar-refractivity contribution < 1.29 is 8.83 Å². The molecule has 0 fully saturated rings. The van der Waals surface area contributed by atoms with Gasteiger partial charge >= 0.3 is 0 Å². The van der Waals surface area contributed by atoms with Crippen LogP contribution in [0.3, 0.4) is 0 Å². The molecular formula is C64H40N2O2. The van der Waals surface area contributed by atoms with Crippen molar-refractivity contribution in [3.05, 3.63) is 243 Å². The fourth-order valence-electron chi connectivity index (χ4n) is 10.6. The van der Waals surface area contributed by atoms with Crippen LogP contribution in [-0.4, -0.2) is 4.57 Å². The number of aromatic nitrogens is 1. The van der Waals surface area contributed by atoms with Gasteiger partial charge in [-0.2, -0.15) is 0 Å². The number of rotatable bonds is 7. The summed E-state index contributed by atoms with van der Waals surface area (Å²) in [4.78, 5) is 2.39. The van der Waals surface area contributed by atoms with Crippen LogP contribution in [0.2, 0.25) is 0 Å². The smallest absolute Gasteiger partial charge is 0.143 e. The molecule has 318 valence electrons. The van der Waals surface area contributed by atoms with Gasteiger partial charge in [0, 0.05) is 60.3 Å². The molecule has 4 heteroatoms. The molecule has 3 aromatic heterocycles. The highest BCUT2D eigenvalue weighted by molar-refractivity contribution is 6.20. The Kier molecular flexibility index (Phi) is 8.55. The molecule has 4 nitrogen and oxygen atoms in total. The summed E-state index contributed by atoms with van der Waals surface area (Å²) >= 11 is 0. The van der Waals surface area contributed by atoms with Crippen LogP contribution >= 0.6 is 0 Å². The molecule has 0 atom stereocenters. The Morgan fingerprint density at radius 1 is 0.324 bits per heavy atom. The normalized spacial score (nSPS) is 11.8. The van der Waals surface area contributed by atoms with Crippen LogP contribution in [0.25, 0.3) is 116 Å². The van der Waals surface area contributed by atoms with Crippen molar-refractivity contribution in [3.8, 4) is 39.1 Å². The number of fused-ring (bicyclic) bond motifs is 11. The Labute approximate surface area is 391 Å². The van der Waals surface area contributed by atoms with E-state index in [2.05, 4.69) is 240 Å². The molecule has 0 amide bonds.